The number of sulfonamides is 4. The summed E-state index contributed by atoms with van der Waals surface area (Å²) < 4.78 is 228. The van der Waals surface area contributed by atoms with Crippen LogP contribution in [0.4, 0.5) is 0 Å². The van der Waals surface area contributed by atoms with Gasteiger partial charge in [0.2, 0.25) is 40.1 Å². The third-order valence-corrected chi connectivity index (χ3v) is 40.7. The maximum atomic E-state index is 13.0. The number of fused-ring (bicyclic) bond motifs is 5. The standard InChI is InChI=1S/C25H25NO3S.4C23H23NO4S2/c1-17-7-8-22(13-18(17)2)25(27)26-12-11-21-14-20(9-10-23(21)16-26)19-5-4-6-24(15-19)30(3,28)29;2*1-17-3-9-23(10-4-17)30(27,28)24-14-13-20-15-19(5-6-21(20)16-24)18-7-11-22(12-8-18)29(2,25)26;2*1-17-6-10-22(11-7-17)30(27,28)24-13-12-20-14-19(8-9-21(20)16-24)18-4-3-5-23(15-18)29(2,25)26/h4-10,13-15H,11-12,16H2,1-3H3;2*3-12,15H,13-14,16H2,1-2H3;2*3-11,14-15H,12-13,16H2,1-2H3. The third-order valence-electron chi connectivity index (χ3n) is 27.6. The topological polar surface area (TPSA) is 341 Å². The van der Waals surface area contributed by atoms with E-state index in [0.29, 0.717) is 125 Å². The van der Waals surface area contributed by atoms with Crippen LogP contribution in [-0.2, 0) is 154 Å². The van der Waals surface area contributed by atoms with Gasteiger partial charge in [0.1, 0.15) is 0 Å². The van der Waals surface area contributed by atoms with E-state index in [-0.39, 0.29) is 15.7 Å². The molecule has 0 spiro atoms. The lowest BCUT2D eigenvalue weighted by Gasteiger charge is -2.29. The largest absolute Gasteiger partial charge is 0.334 e. The molecule has 778 valence electrons. The predicted octanol–water partition coefficient (Wildman–Crippen LogP) is 19.8. The normalized spacial score (nSPS) is 14.8. The number of sulfone groups is 5. The lowest BCUT2D eigenvalue weighted by Crippen LogP contribution is -2.36. The molecule has 0 radical (unpaired) electrons. The molecule has 0 bridgehead atoms. The molecule has 0 aromatic heterocycles. The maximum absolute atomic E-state index is 13.0. The number of amides is 1. The molecule has 0 N–H and O–H groups in total. The molecule has 0 unspecified atom stereocenters. The Morgan fingerprint density at radius 2 is 0.413 bits per heavy atom. The molecule has 15 aromatic rings. The fraction of sp³-hybridized carbons (Fsp3) is 0.222. The summed E-state index contributed by atoms with van der Waals surface area (Å²) in [4.78, 5) is 17.6. The minimum Gasteiger partial charge on any atom is -0.334 e. The Hall–Kier alpha value is -12.8. The summed E-state index contributed by atoms with van der Waals surface area (Å²) in [6.07, 6.45) is 9.27. The lowest BCUT2D eigenvalue weighted by molar-refractivity contribution is 0.0734. The smallest absolute Gasteiger partial charge is 0.254 e. The summed E-state index contributed by atoms with van der Waals surface area (Å²) in [7, 11) is -30.4. The van der Waals surface area contributed by atoms with Gasteiger partial charge in [-0.15, -0.1) is 0 Å². The molecular weight excluding hydrogens is 2070 g/mol. The minimum absolute atomic E-state index is 0.0636. The van der Waals surface area contributed by atoms with Gasteiger partial charge in [-0.3, -0.25) is 4.79 Å². The van der Waals surface area contributed by atoms with E-state index < -0.39 is 89.3 Å². The van der Waals surface area contributed by atoms with Crippen molar-refractivity contribution in [2.75, 3.05) is 64.0 Å². The first-order valence-corrected chi connectivity index (χ1v) is 63.8. The van der Waals surface area contributed by atoms with Gasteiger partial charge < -0.3 is 4.90 Å². The number of hydrogen-bond donors (Lipinski definition) is 0. The third kappa shape index (κ3) is 26.0. The number of rotatable bonds is 19. The van der Waals surface area contributed by atoms with Crippen LogP contribution in [-0.4, -0.2) is 168 Å². The van der Waals surface area contributed by atoms with E-state index in [1.54, 1.807) is 152 Å². The molecule has 5 aliphatic rings. The summed E-state index contributed by atoms with van der Waals surface area (Å²) >= 11 is 0. The predicted molar refractivity (Wildman–Crippen MR) is 589 cm³/mol. The highest BCUT2D eigenvalue weighted by atomic mass is 32.2. The highest BCUT2D eigenvalue weighted by Gasteiger charge is 2.35. The maximum Gasteiger partial charge on any atom is 0.254 e. The lowest BCUT2D eigenvalue weighted by atomic mass is 9.94. The van der Waals surface area contributed by atoms with Gasteiger partial charge in [-0.25, -0.2) is 75.8 Å². The zero-order chi connectivity index (χ0) is 108. The first-order valence-electron chi connectivity index (χ1n) is 48.6. The average Bonchev–Trinajstić information content (AvgIpc) is 0.783. The fourth-order valence-corrected chi connectivity index (χ4v) is 27.5. The Labute approximate surface area is 882 Å². The van der Waals surface area contributed by atoms with Crippen LogP contribution in [0.3, 0.4) is 0 Å². The van der Waals surface area contributed by atoms with Gasteiger partial charge in [0.05, 0.1) is 44.1 Å². The highest BCUT2D eigenvalue weighted by molar-refractivity contribution is 7.92. The van der Waals surface area contributed by atoms with Crippen molar-refractivity contribution in [1.82, 2.24) is 22.1 Å². The van der Waals surface area contributed by atoms with Gasteiger partial charge in [0, 0.05) is 102 Å². The summed E-state index contributed by atoms with van der Waals surface area (Å²) in [5, 5.41) is 0. The second-order valence-corrected chi connectivity index (χ2v) is 56.6. The number of hydrogen-bond acceptors (Lipinski definition) is 19. The second-order valence-electron chi connectivity index (χ2n) is 38.8. The summed E-state index contributed by atoms with van der Waals surface area (Å²) in [6, 6.07) is 98.0. The summed E-state index contributed by atoms with van der Waals surface area (Å²) in [6.45, 7) is 16.1. The van der Waals surface area contributed by atoms with E-state index >= 15 is 0 Å². The van der Waals surface area contributed by atoms with E-state index in [4.69, 9.17) is 0 Å². The van der Waals surface area contributed by atoms with Crippen molar-refractivity contribution < 1.29 is 80.6 Å². The first kappa shape index (κ1) is 110. The molecule has 20 rings (SSSR count). The van der Waals surface area contributed by atoms with Crippen molar-refractivity contribution in [2.24, 2.45) is 0 Å². The van der Waals surface area contributed by atoms with Crippen molar-refractivity contribution in [3.8, 4) is 55.6 Å². The van der Waals surface area contributed by atoms with E-state index in [0.717, 1.165) is 146 Å². The van der Waals surface area contributed by atoms with Crippen LogP contribution in [0, 0.1) is 41.5 Å². The Balaban J connectivity index is 0.000000133. The zero-order valence-corrected chi connectivity index (χ0v) is 92.3. The van der Waals surface area contributed by atoms with Crippen LogP contribution in [0.5, 0.6) is 0 Å². The molecule has 24 nitrogen and oxygen atoms in total. The number of aryl methyl sites for hydroxylation is 6. The van der Waals surface area contributed by atoms with E-state index in [1.807, 2.05) is 198 Å². The van der Waals surface area contributed by atoms with Crippen LogP contribution in [0.25, 0.3) is 55.6 Å². The van der Waals surface area contributed by atoms with Crippen LogP contribution >= 0.6 is 0 Å². The number of carbonyl (C=O) groups is 1. The average molecular weight is 2190 g/mol. The second kappa shape index (κ2) is 44.6. The minimum atomic E-state index is -3.54. The number of benzene rings is 15. The Bertz CT molecular complexity index is 8430. The zero-order valence-electron chi connectivity index (χ0n) is 85.0. The monoisotopic (exact) mass is 2180 g/mol. The molecule has 1 amide bonds. The molecule has 0 saturated carbocycles. The highest BCUT2D eigenvalue weighted by Crippen LogP contribution is 2.39. The number of nitrogens with zero attached hydrogens (tertiary/aromatic N) is 5. The van der Waals surface area contributed by atoms with E-state index in [1.165, 1.54) is 59.6 Å². The molecule has 0 fully saturated rings. The van der Waals surface area contributed by atoms with Gasteiger partial charge in [-0.1, -0.05) is 229 Å². The van der Waals surface area contributed by atoms with Gasteiger partial charge in [-0.05, 0) is 317 Å². The molecule has 5 heterocycles. The SMILES string of the molecule is Cc1ccc(C(=O)N2CCc3cc(-c4cccc(S(C)(=O)=O)c4)ccc3C2)cc1C.Cc1ccc(S(=O)(=O)N2CCc3cc(-c4ccc(S(C)(=O)=O)cc4)ccc3C2)cc1.Cc1ccc(S(=O)(=O)N2CCc3cc(-c4ccc(S(C)(=O)=O)cc4)ccc3C2)cc1.Cc1ccc(S(=O)(=O)N2CCc3cc(-c4cccc(S(C)(=O)=O)c4)ccc3C2)cc1.Cc1ccc(S(=O)(=O)N2CCc3cc(-c4cccc(S(C)(=O)=O)c4)ccc3C2)cc1. The summed E-state index contributed by atoms with van der Waals surface area (Å²) in [5.41, 5.74) is 27.1. The molecular formula is C117H117N5O19S9. The van der Waals surface area contributed by atoms with E-state index in [9.17, 15) is 80.6 Å². The molecule has 15 aromatic carbocycles. The van der Waals surface area contributed by atoms with Crippen LogP contribution in [0.2, 0.25) is 0 Å². The molecule has 5 aliphatic heterocycles. The number of carbonyl (C=O) groups excluding carboxylic acids is 1. The molecule has 150 heavy (non-hydrogen) atoms. The van der Waals surface area contributed by atoms with Crippen molar-refractivity contribution in [3.05, 3.63) is 422 Å². The first-order chi connectivity index (χ1) is 70.8. The van der Waals surface area contributed by atoms with Crippen LogP contribution < -0.4 is 0 Å². The molecule has 0 saturated heterocycles. The molecule has 0 atom stereocenters. The van der Waals surface area contributed by atoms with Gasteiger partial charge in [0.15, 0.2) is 49.2 Å². The fourth-order valence-electron chi connectivity index (χ4n) is 18.6. The van der Waals surface area contributed by atoms with Gasteiger partial charge in [0.25, 0.3) is 5.91 Å². The van der Waals surface area contributed by atoms with Crippen molar-refractivity contribution in [2.45, 2.75) is 150 Å². The van der Waals surface area contributed by atoms with Crippen LogP contribution in [0.1, 0.15) is 99.4 Å². The van der Waals surface area contributed by atoms with Crippen molar-refractivity contribution in [1.29, 1.82) is 0 Å². The van der Waals surface area contributed by atoms with Gasteiger partial charge >= 0.3 is 0 Å². The molecule has 0 aliphatic carbocycles. The van der Waals surface area contributed by atoms with Crippen molar-refractivity contribution >= 4 is 95.2 Å². The van der Waals surface area contributed by atoms with Gasteiger partial charge in [-0.2, -0.15) is 17.2 Å². The molecule has 33 heteroatoms. The Morgan fingerprint density at radius 3 is 0.660 bits per heavy atom. The van der Waals surface area contributed by atoms with Crippen molar-refractivity contribution in [3.63, 3.8) is 0 Å². The Morgan fingerprint density at radius 1 is 0.193 bits per heavy atom. The summed E-state index contributed by atoms with van der Waals surface area (Å²) in [5.74, 6) is 0.0636. The Kier molecular flexibility index (Phi) is 32.7. The van der Waals surface area contributed by atoms with E-state index in [2.05, 4.69) is 24.3 Å². The van der Waals surface area contributed by atoms with Crippen LogP contribution in [0.15, 0.2) is 372 Å². The quantitative estimate of drug-likeness (QED) is 0.0725.